The van der Waals surface area contributed by atoms with Crippen molar-refractivity contribution < 1.29 is 14.7 Å². The number of unbranched alkanes of at least 4 members (excludes halogenated alkanes) is 3. The van der Waals surface area contributed by atoms with Crippen LogP contribution in [0, 0.1) is 11.8 Å². The molecule has 0 saturated heterocycles. The first-order chi connectivity index (χ1) is 9.66. The molecule has 0 aromatic carbocycles. The highest BCUT2D eigenvalue weighted by atomic mass is 32.2. The van der Waals surface area contributed by atoms with Gasteiger partial charge in [-0.3, -0.25) is 9.59 Å². The molecule has 0 radical (unpaired) electrons. The molecule has 0 saturated carbocycles. The van der Waals surface area contributed by atoms with E-state index in [1.165, 1.54) is 18.6 Å². The van der Waals surface area contributed by atoms with Crippen molar-refractivity contribution in [3.8, 4) is 0 Å². The highest BCUT2D eigenvalue weighted by Gasteiger charge is 2.33. The monoisotopic (exact) mass is 299 g/mol. The van der Waals surface area contributed by atoms with Gasteiger partial charge in [0.2, 0.25) is 5.91 Å². The Bertz CT molecular complexity index is 344. The summed E-state index contributed by atoms with van der Waals surface area (Å²) in [6.07, 6.45) is 11.4. The number of hydrogen-bond acceptors (Lipinski definition) is 3. The van der Waals surface area contributed by atoms with Crippen molar-refractivity contribution in [2.45, 2.75) is 38.5 Å². The molecule has 0 spiro atoms. The van der Waals surface area contributed by atoms with Crippen LogP contribution < -0.4 is 5.32 Å². The molecule has 0 aromatic rings. The van der Waals surface area contributed by atoms with Gasteiger partial charge in [0.05, 0.1) is 11.8 Å². The SMILES string of the molecule is CSCCCCCCNC(=O)C1CC=CCC1C(=O)O. The van der Waals surface area contributed by atoms with Crippen molar-refractivity contribution >= 4 is 23.6 Å². The smallest absolute Gasteiger partial charge is 0.307 e. The van der Waals surface area contributed by atoms with Crippen LogP contribution in [0.15, 0.2) is 12.2 Å². The minimum Gasteiger partial charge on any atom is -0.481 e. The van der Waals surface area contributed by atoms with Crippen molar-refractivity contribution in [2.24, 2.45) is 11.8 Å². The third-order valence-corrected chi connectivity index (χ3v) is 4.36. The summed E-state index contributed by atoms with van der Waals surface area (Å²) < 4.78 is 0. The Morgan fingerprint density at radius 2 is 1.80 bits per heavy atom. The molecule has 1 aliphatic rings. The van der Waals surface area contributed by atoms with Gasteiger partial charge in [-0.25, -0.2) is 0 Å². The summed E-state index contributed by atoms with van der Waals surface area (Å²) in [5.41, 5.74) is 0. The number of carboxylic acids is 1. The van der Waals surface area contributed by atoms with E-state index in [0.29, 0.717) is 19.4 Å². The number of allylic oxidation sites excluding steroid dienone is 2. The average Bonchev–Trinajstić information content (AvgIpc) is 2.46. The lowest BCUT2D eigenvalue weighted by Gasteiger charge is -2.24. The summed E-state index contributed by atoms with van der Waals surface area (Å²) >= 11 is 1.86. The van der Waals surface area contributed by atoms with Gasteiger partial charge in [-0.15, -0.1) is 0 Å². The molecule has 0 heterocycles. The first kappa shape index (κ1) is 17.1. The largest absolute Gasteiger partial charge is 0.481 e. The average molecular weight is 299 g/mol. The van der Waals surface area contributed by atoms with Gasteiger partial charge in [0.25, 0.3) is 0 Å². The van der Waals surface area contributed by atoms with Gasteiger partial charge in [0, 0.05) is 6.54 Å². The first-order valence-corrected chi connectivity index (χ1v) is 8.70. The molecule has 0 aromatic heterocycles. The maximum Gasteiger partial charge on any atom is 0.307 e. The van der Waals surface area contributed by atoms with E-state index >= 15 is 0 Å². The summed E-state index contributed by atoms with van der Waals surface area (Å²) in [7, 11) is 0. The Kier molecular flexibility index (Phi) is 8.42. The second-order valence-corrected chi connectivity index (χ2v) is 6.18. The first-order valence-electron chi connectivity index (χ1n) is 7.31. The summed E-state index contributed by atoms with van der Waals surface area (Å²) in [5, 5.41) is 12.0. The molecular weight excluding hydrogens is 274 g/mol. The molecule has 114 valence electrons. The number of carbonyl (C=O) groups excluding carboxylic acids is 1. The van der Waals surface area contributed by atoms with E-state index in [0.717, 1.165) is 12.8 Å². The van der Waals surface area contributed by atoms with E-state index < -0.39 is 17.8 Å². The minimum absolute atomic E-state index is 0.106. The van der Waals surface area contributed by atoms with Gasteiger partial charge in [0.1, 0.15) is 0 Å². The zero-order valence-corrected chi connectivity index (χ0v) is 13.0. The highest BCUT2D eigenvalue weighted by Crippen LogP contribution is 2.25. The Hall–Kier alpha value is -0.970. The lowest BCUT2D eigenvalue weighted by molar-refractivity contribution is -0.147. The molecule has 0 fully saturated rings. The van der Waals surface area contributed by atoms with Crippen LogP contribution in [-0.4, -0.2) is 35.5 Å². The molecule has 1 aliphatic carbocycles. The maximum absolute atomic E-state index is 12.0. The third kappa shape index (κ3) is 5.99. The lowest BCUT2D eigenvalue weighted by atomic mass is 9.82. The minimum atomic E-state index is -0.869. The number of hydrogen-bond donors (Lipinski definition) is 2. The van der Waals surface area contributed by atoms with Gasteiger partial charge < -0.3 is 10.4 Å². The summed E-state index contributed by atoms with van der Waals surface area (Å²) in [6, 6.07) is 0. The molecular formula is C15H25NO3S. The Balaban J connectivity index is 2.21. The van der Waals surface area contributed by atoms with Gasteiger partial charge in [-0.05, 0) is 37.7 Å². The van der Waals surface area contributed by atoms with Crippen molar-refractivity contribution in [2.75, 3.05) is 18.6 Å². The fraction of sp³-hybridized carbons (Fsp3) is 0.733. The van der Waals surface area contributed by atoms with Crippen LogP contribution >= 0.6 is 11.8 Å². The number of amides is 1. The fourth-order valence-corrected chi connectivity index (χ4v) is 2.94. The molecule has 1 amide bonds. The molecule has 5 heteroatoms. The van der Waals surface area contributed by atoms with Crippen LogP contribution in [0.1, 0.15) is 38.5 Å². The second-order valence-electron chi connectivity index (χ2n) is 5.19. The Morgan fingerprint density at radius 1 is 1.15 bits per heavy atom. The molecule has 0 aliphatic heterocycles. The van der Waals surface area contributed by atoms with E-state index in [4.69, 9.17) is 5.11 Å². The number of rotatable bonds is 9. The summed E-state index contributed by atoms with van der Waals surface area (Å²) in [4.78, 5) is 23.2. The van der Waals surface area contributed by atoms with Crippen molar-refractivity contribution in [1.82, 2.24) is 5.32 Å². The quantitative estimate of drug-likeness (QED) is 0.507. The lowest BCUT2D eigenvalue weighted by Crippen LogP contribution is -2.39. The van der Waals surface area contributed by atoms with Crippen LogP contribution in [0.3, 0.4) is 0 Å². The van der Waals surface area contributed by atoms with Crippen molar-refractivity contribution in [3.05, 3.63) is 12.2 Å². The summed E-state index contributed by atoms with van der Waals surface area (Å²) in [6.45, 7) is 0.657. The van der Waals surface area contributed by atoms with Crippen molar-refractivity contribution in [1.29, 1.82) is 0 Å². The standard InChI is InChI=1S/C15H25NO3S/c1-20-11-7-3-2-6-10-16-14(17)12-8-4-5-9-13(12)15(18)19/h4-5,12-13H,2-3,6-11H2,1H3,(H,16,17)(H,18,19). The van der Waals surface area contributed by atoms with E-state index in [-0.39, 0.29) is 5.91 Å². The third-order valence-electron chi connectivity index (χ3n) is 3.66. The number of nitrogens with one attached hydrogen (secondary N) is 1. The fourth-order valence-electron chi connectivity index (χ4n) is 2.44. The van der Waals surface area contributed by atoms with E-state index in [9.17, 15) is 9.59 Å². The summed E-state index contributed by atoms with van der Waals surface area (Å²) in [5.74, 6) is -0.755. The molecule has 2 atom stereocenters. The molecule has 2 N–H and O–H groups in total. The van der Waals surface area contributed by atoms with Gasteiger partial charge in [0.15, 0.2) is 0 Å². The molecule has 1 rings (SSSR count). The zero-order chi connectivity index (χ0) is 14.8. The predicted molar refractivity (Wildman–Crippen MR) is 82.8 cm³/mol. The molecule has 4 nitrogen and oxygen atoms in total. The van der Waals surface area contributed by atoms with Crippen LogP contribution in [0.2, 0.25) is 0 Å². The zero-order valence-electron chi connectivity index (χ0n) is 12.1. The number of carbonyl (C=O) groups is 2. The van der Waals surface area contributed by atoms with E-state index in [1.54, 1.807) is 0 Å². The van der Waals surface area contributed by atoms with Crippen LogP contribution in [0.4, 0.5) is 0 Å². The van der Waals surface area contributed by atoms with Crippen molar-refractivity contribution in [3.63, 3.8) is 0 Å². The van der Waals surface area contributed by atoms with Gasteiger partial charge in [-0.1, -0.05) is 25.0 Å². The second kappa shape index (κ2) is 9.86. The topological polar surface area (TPSA) is 66.4 Å². The Morgan fingerprint density at radius 3 is 2.45 bits per heavy atom. The maximum atomic E-state index is 12.0. The van der Waals surface area contributed by atoms with Crippen LogP contribution in [-0.2, 0) is 9.59 Å². The van der Waals surface area contributed by atoms with Crippen LogP contribution in [0.25, 0.3) is 0 Å². The van der Waals surface area contributed by atoms with Gasteiger partial charge >= 0.3 is 5.97 Å². The number of thioether (sulfide) groups is 1. The van der Waals surface area contributed by atoms with Crippen LogP contribution in [0.5, 0.6) is 0 Å². The molecule has 2 unspecified atom stereocenters. The van der Waals surface area contributed by atoms with Gasteiger partial charge in [-0.2, -0.15) is 11.8 Å². The molecule has 20 heavy (non-hydrogen) atoms. The highest BCUT2D eigenvalue weighted by molar-refractivity contribution is 7.98. The van der Waals surface area contributed by atoms with E-state index in [1.807, 2.05) is 23.9 Å². The normalized spacial score (nSPS) is 21.6. The number of carboxylic acid groups (broad SMARTS) is 1. The number of aliphatic carboxylic acids is 1. The Labute approximate surface area is 125 Å². The molecule has 0 bridgehead atoms. The van der Waals surface area contributed by atoms with E-state index in [2.05, 4.69) is 11.6 Å². The predicted octanol–water partition coefficient (Wildman–Crippen LogP) is 2.69.